The standard InChI is InChI=1S/C25H31N5O5S.ClH/c1-28(18-20-6-4-3-5-7-20)25(31)13-12-24-26-23(27-35-24)19-29-14-16-30(17-15-29)36(32,33)22-10-8-21(34-2)9-11-22;/h3-11H,12-19H2,1-2H3;1H. The first-order chi connectivity index (χ1) is 17.3. The SMILES string of the molecule is COc1ccc(S(=O)(=O)N2CCN(Cc3noc(CCC(=O)N(C)Cc4ccccc4)n3)CC2)cc1.Cl. The summed E-state index contributed by atoms with van der Waals surface area (Å²) < 4.78 is 37.8. The van der Waals surface area contributed by atoms with Gasteiger partial charge in [0, 0.05) is 52.6 Å². The Kier molecular flexibility index (Phi) is 10.0. The number of rotatable bonds is 10. The molecule has 0 aliphatic carbocycles. The Balaban J connectivity index is 0.00000380. The minimum Gasteiger partial charge on any atom is -0.497 e. The number of benzene rings is 2. The third-order valence-corrected chi connectivity index (χ3v) is 8.06. The number of aromatic nitrogens is 2. The van der Waals surface area contributed by atoms with E-state index in [9.17, 15) is 13.2 Å². The van der Waals surface area contributed by atoms with Gasteiger partial charge in [-0.1, -0.05) is 35.5 Å². The van der Waals surface area contributed by atoms with Crippen LogP contribution in [0.15, 0.2) is 64.0 Å². The maximum Gasteiger partial charge on any atom is 0.243 e. The summed E-state index contributed by atoms with van der Waals surface area (Å²) in [7, 11) is -0.233. The van der Waals surface area contributed by atoms with Crippen molar-refractivity contribution in [1.29, 1.82) is 0 Å². The van der Waals surface area contributed by atoms with Gasteiger partial charge in [0.05, 0.1) is 18.6 Å². The molecule has 1 aliphatic heterocycles. The van der Waals surface area contributed by atoms with Crippen molar-refractivity contribution in [1.82, 2.24) is 24.2 Å². The number of hydrogen-bond acceptors (Lipinski definition) is 8. The molecule has 0 spiro atoms. The van der Waals surface area contributed by atoms with Crippen molar-refractivity contribution in [3.8, 4) is 5.75 Å². The van der Waals surface area contributed by atoms with E-state index >= 15 is 0 Å². The van der Waals surface area contributed by atoms with Crippen LogP contribution in [0.25, 0.3) is 0 Å². The molecule has 37 heavy (non-hydrogen) atoms. The Bertz CT molecular complexity index is 1250. The molecule has 3 aromatic rings. The van der Waals surface area contributed by atoms with Crippen LogP contribution in [-0.4, -0.2) is 78.9 Å². The Hall–Kier alpha value is -2.99. The van der Waals surface area contributed by atoms with Gasteiger partial charge in [0.15, 0.2) is 5.82 Å². The smallest absolute Gasteiger partial charge is 0.243 e. The van der Waals surface area contributed by atoms with Gasteiger partial charge in [-0.3, -0.25) is 9.69 Å². The predicted molar refractivity (Wildman–Crippen MR) is 140 cm³/mol. The first-order valence-corrected chi connectivity index (χ1v) is 13.2. The number of aryl methyl sites for hydroxylation is 1. The zero-order valence-electron chi connectivity index (χ0n) is 20.9. The van der Waals surface area contributed by atoms with Gasteiger partial charge in [0.25, 0.3) is 0 Å². The molecule has 1 fully saturated rings. The van der Waals surface area contributed by atoms with Crippen LogP contribution in [0, 0.1) is 0 Å². The molecule has 0 atom stereocenters. The van der Waals surface area contributed by atoms with E-state index in [4.69, 9.17) is 9.26 Å². The minimum absolute atomic E-state index is 0. The van der Waals surface area contributed by atoms with Crippen LogP contribution in [-0.2, 0) is 34.3 Å². The molecule has 200 valence electrons. The predicted octanol–water partition coefficient (Wildman–Crippen LogP) is 2.60. The molecule has 0 radical (unpaired) electrons. The van der Waals surface area contributed by atoms with Crippen LogP contribution in [0.1, 0.15) is 23.7 Å². The molecule has 4 rings (SSSR count). The quantitative estimate of drug-likeness (QED) is 0.379. The van der Waals surface area contributed by atoms with Gasteiger partial charge in [-0.05, 0) is 29.8 Å². The lowest BCUT2D eigenvalue weighted by molar-refractivity contribution is -0.130. The van der Waals surface area contributed by atoms with E-state index in [1.54, 1.807) is 43.3 Å². The van der Waals surface area contributed by atoms with E-state index in [-0.39, 0.29) is 29.6 Å². The summed E-state index contributed by atoms with van der Waals surface area (Å²) in [6.07, 6.45) is 0.658. The largest absolute Gasteiger partial charge is 0.497 e. The van der Waals surface area contributed by atoms with Gasteiger partial charge in [-0.2, -0.15) is 9.29 Å². The summed E-state index contributed by atoms with van der Waals surface area (Å²) >= 11 is 0. The zero-order chi connectivity index (χ0) is 25.5. The van der Waals surface area contributed by atoms with E-state index in [1.165, 1.54) is 4.31 Å². The van der Waals surface area contributed by atoms with Crippen molar-refractivity contribution >= 4 is 28.3 Å². The van der Waals surface area contributed by atoms with Crippen molar-refractivity contribution in [2.45, 2.75) is 30.8 Å². The van der Waals surface area contributed by atoms with Crippen molar-refractivity contribution in [2.75, 3.05) is 40.3 Å². The summed E-state index contributed by atoms with van der Waals surface area (Å²) in [4.78, 5) is 20.9. The fourth-order valence-electron chi connectivity index (χ4n) is 4.03. The van der Waals surface area contributed by atoms with E-state index < -0.39 is 10.0 Å². The minimum atomic E-state index is -3.56. The van der Waals surface area contributed by atoms with Gasteiger partial charge >= 0.3 is 0 Å². The molecule has 0 bridgehead atoms. The van der Waals surface area contributed by atoms with Crippen LogP contribution < -0.4 is 4.74 Å². The monoisotopic (exact) mass is 549 g/mol. The molecule has 0 N–H and O–H groups in total. The molecule has 1 amide bonds. The number of sulfonamides is 1. The number of ether oxygens (including phenoxy) is 1. The number of nitrogens with zero attached hydrogens (tertiary/aromatic N) is 5. The lowest BCUT2D eigenvalue weighted by atomic mass is 10.2. The molecule has 0 saturated carbocycles. The van der Waals surface area contributed by atoms with Crippen molar-refractivity contribution in [2.24, 2.45) is 0 Å². The lowest BCUT2D eigenvalue weighted by Gasteiger charge is -2.33. The van der Waals surface area contributed by atoms with Crippen molar-refractivity contribution < 1.29 is 22.5 Å². The topological polar surface area (TPSA) is 109 Å². The second kappa shape index (κ2) is 13.0. The summed E-state index contributed by atoms with van der Waals surface area (Å²) in [5, 5.41) is 4.04. The summed E-state index contributed by atoms with van der Waals surface area (Å²) in [6, 6.07) is 16.2. The van der Waals surface area contributed by atoms with Gasteiger partial charge < -0.3 is 14.2 Å². The first-order valence-electron chi connectivity index (χ1n) is 11.8. The highest BCUT2D eigenvalue weighted by Crippen LogP contribution is 2.21. The van der Waals surface area contributed by atoms with Crippen molar-refractivity contribution in [3.63, 3.8) is 0 Å². The molecule has 2 heterocycles. The Morgan fingerprint density at radius 2 is 1.73 bits per heavy atom. The maximum absolute atomic E-state index is 12.9. The number of piperazine rings is 1. The number of amides is 1. The molecule has 0 unspecified atom stereocenters. The van der Waals surface area contributed by atoms with E-state index in [0.29, 0.717) is 63.2 Å². The molecule has 1 aromatic heterocycles. The molecule has 12 heteroatoms. The summed E-state index contributed by atoms with van der Waals surface area (Å²) in [5.74, 6) is 1.57. The van der Waals surface area contributed by atoms with E-state index in [0.717, 1.165) is 5.56 Å². The molecular weight excluding hydrogens is 518 g/mol. The Labute approximate surface area is 223 Å². The lowest BCUT2D eigenvalue weighted by Crippen LogP contribution is -2.48. The van der Waals surface area contributed by atoms with Gasteiger partial charge in [-0.15, -0.1) is 12.4 Å². The highest BCUT2D eigenvalue weighted by molar-refractivity contribution is 7.89. The average Bonchev–Trinajstić information content (AvgIpc) is 3.35. The Morgan fingerprint density at radius 1 is 1.05 bits per heavy atom. The highest BCUT2D eigenvalue weighted by Gasteiger charge is 2.29. The fraction of sp³-hybridized carbons (Fsp3) is 0.400. The maximum atomic E-state index is 12.9. The van der Waals surface area contributed by atoms with Crippen LogP contribution in [0.3, 0.4) is 0 Å². The first kappa shape index (κ1) is 28.6. The number of carbonyl (C=O) groups excluding carboxylic acids is 1. The molecule has 1 aliphatic rings. The highest BCUT2D eigenvalue weighted by atomic mass is 35.5. The summed E-state index contributed by atoms with van der Waals surface area (Å²) in [5.41, 5.74) is 1.07. The molecule has 1 saturated heterocycles. The van der Waals surface area contributed by atoms with Crippen LogP contribution >= 0.6 is 12.4 Å². The molecular formula is C25H32ClN5O5S. The third kappa shape index (κ3) is 7.51. The zero-order valence-corrected chi connectivity index (χ0v) is 22.6. The number of halogens is 1. The van der Waals surface area contributed by atoms with Crippen LogP contribution in [0.4, 0.5) is 0 Å². The Morgan fingerprint density at radius 3 is 2.38 bits per heavy atom. The van der Waals surface area contributed by atoms with Gasteiger partial charge in [0.1, 0.15) is 5.75 Å². The second-order valence-electron chi connectivity index (χ2n) is 8.70. The van der Waals surface area contributed by atoms with Crippen LogP contribution in [0.5, 0.6) is 5.75 Å². The third-order valence-electron chi connectivity index (χ3n) is 6.14. The molecule has 2 aromatic carbocycles. The fourth-order valence-corrected chi connectivity index (χ4v) is 5.45. The van der Waals surface area contributed by atoms with Gasteiger partial charge in [0.2, 0.25) is 21.8 Å². The summed E-state index contributed by atoms with van der Waals surface area (Å²) in [6.45, 7) is 2.88. The molecule has 10 nitrogen and oxygen atoms in total. The van der Waals surface area contributed by atoms with E-state index in [1.807, 2.05) is 30.3 Å². The number of hydrogen-bond donors (Lipinski definition) is 0. The average molecular weight is 550 g/mol. The number of methoxy groups -OCH3 is 1. The normalized spacial score (nSPS) is 14.6. The van der Waals surface area contributed by atoms with Gasteiger partial charge in [-0.25, -0.2) is 8.42 Å². The second-order valence-corrected chi connectivity index (χ2v) is 10.6. The van der Waals surface area contributed by atoms with Crippen LogP contribution in [0.2, 0.25) is 0 Å². The van der Waals surface area contributed by atoms with E-state index in [2.05, 4.69) is 15.0 Å². The van der Waals surface area contributed by atoms with Crippen molar-refractivity contribution in [3.05, 3.63) is 71.9 Å². The number of carbonyl (C=O) groups is 1.